The first-order chi connectivity index (χ1) is 13.8. The lowest BCUT2D eigenvalue weighted by atomic mass is 10.1. The zero-order chi connectivity index (χ0) is 21.4. The number of nitro benzene ring substituents is 1. The van der Waals surface area contributed by atoms with Gasteiger partial charge in [-0.2, -0.15) is 5.10 Å². The number of rotatable bonds is 7. The number of hydrazone groups is 1. The summed E-state index contributed by atoms with van der Waals surface area (Å²) in [5.74, 6) is 4.98. The van der Waals surface area contributed by atoms with Crippen molar-refractivity contribution >= 4 is 57.2 Å². The number of benzene rings is 1. The normalized spacial score (nSPS) is 11.2. The second-order valence-electron chi connectivity index (χ2n) is 5.51. The number of aromatic nitrogens is 1. The molecule has 0 aliphatic heterocycles. The Labute approximate surface area is 175 Å². The predicted molar refractivity (Wildman–Crippen MR) is 116 cm³/mol. The van der Waals surface area contributed by atoms with E-state index in [-0.39, 0.29) is 16.7 Å². The number of amides is 1. The Morgan fingerprint density at radius 3 is 2.86 bits per heavy atom. The van der Waals surface area contributed by atoms with Crippen LogP contribution < -0.4 is 27.5 Å². The highest BCUT2D eigenvalue weighted by Crippen LogP contribution is 2.24. The van der Waals surface area contributed by atoms with Gasteiger partial charge in [-0.05, 0) is 30.8 Å². The number of non-ortho nitro benzene ring substituents is 1. The Morgan fingerprint density at radius 1 is 1.45 bits per heavy atom. The molecule has 11 nitrogen and oxygen atoms in total. The SMILES string of the molecule is CC(=O)NNc1nc(C)c(C(/C=C/c2cccc([N+](=O)[O-])c2)=N\NC(=S)NN)s1. The van der Waals surface area contributed by atoms with Gasteiger partial charge in [-0.1, -0.05) is 29.5 Å². The minimum Gasteiger partial charge on any atom is -0.300 e. The van der Waals surface area contributed by atoms with E-state index < -0.39 is 4.92 Å². The van der Waals surface area contributed by atoms with Crippen LogP contribution in [0.2, 0.25) is 0 Å². The van der Waals surface area contributed by atoms with E-state index in [0.717, 1.165) is 0 Å². The molecule has 1 amide bonds. The molecule has 2 aromatic rings. The number of nitrogens with zero attached hydrogens (tertiary/aromatic N) is 3. The van der Waals surface area contributed by atoms with E-state index >= 15 is 0 Å². The third-order valence-corrected chi connectivity index (χ3v) is 4.60. The number of carbonyl (C=O) groups is 1. The Kier molecular flexibility index (Phi) is 7.70. The van der Waals surface area contributed by atoms with Gasteiger partial charge in [0, 0.05) is 19.1 Å². The number of aryl methyl sites for hydroxylation is 1. The Bertz CT molecular complexity index is 986. The molecule has 0 radical (unpaired) electrons. The molecule has 0 bridgehead atoms. The molecule has 0 saturated carbocycles. The summed E-state index contributed by atoms with van der Waals surface area (Å²) in [6.07, 6.45) is 3.33. The lowest BCUT2D eigenvalue weighted by molar-refractivity contribution is -0.384. The van der Waals surface area contributed by atoms with Crippen molar-refractivity contribution in [2.75, 3.05) is 5.43 Å². The van der Waals surface area contributed by atoms with Crippen LogP contribution in [0.3, 0.4) is 0 Å². The molecule has 1 heterocycles. The quantitative estimate of drug-likeness (QED) is 0.143. The smallest absolute Gasteiger partial charge is 0.270 e. The molecule has 29 heavy (non-hydrogen) atoms. The first-order valence-corrected chi connectivity index (χ1v) is 9.30. The average Bonchev–Trinajstić information content (AvgIpc) is 3.06. The maximum absolute atomic E-state index is 11.1. The number of hydrogen-bond donors (Lipinski definition) is 5. The van der Waals surface area contributed by atoms with Gasteiger partial charge in [0.1, 0.15) is 5.71 Å². The number of nitrogens with two attached hydrogens (primary N) is 1. The number of anilines is 1. The molecule has 0 unspecified atom stereocenters. The van der Waals surface area contributed by atoms with Gasteiger partial charge >= 0.3 is 0 Å². The van der Waals surface area contributed by atoms with Gasteiger partial charge in [-0.15, -0.1) is 0 Å². The van der Waals surface area contributed by atoms with Gasteiger partial charge in [0.15, 0.2) is 0 Å². The highest BCUT2D eigenvalue weighted by Gasteiger charge is 2.13. The van der Waals surface area contributed by atoms with Gasteiger partial charge in [-0.25, -0.2) is 10.8 Å². The van der Waals surface area contributed by atoms with Crippen molar-refractivity contribution in [1.82, 2.24) is 21.3 Å². The summed E-state index contributed by atoms with van der Waals surface area (Å²) in [5.41, 5.74) is 11.7. The zero-order valence-corrected chi connectivity index (χ0v) is 17.1. The van der Waals surface area contributed by atoms with Crippen molar-refractivity contribution in [2.24, 2.45) is 10.9 Å². The molecule has 0 aliphatic rings. The van der Waals surface area contributed by atoms with Gasteiger partial charge < -0.3 is 0 Å². The fraction of sp³-hybridized carbons (Fsp3) is 0.125. The standard InChI is InChI=1S/C16H18N8O3S2/c1-9-14(29-16(18-9)23-20-10(2)25)13(21-22-15(28)19-17)7-6-11-4-3-5-12(8-11)24(26)27/h3-8H,17H2,1-2H3,(H,18,23)(H,20,25)(H2,19,22,28)/b7-6+,21-13-. The largest absolute Gasteiger partial charge is 0.300 e. The number of hydrogen-bond acceptors (Lipinski definition) is 9. The average molecular weight is 435 g/mol. The third-order valence-electron chi connectivity index (χ3n) is 3.30. The number of nitrogens with one attached hydrogen (secondary N) is 4. The zero-order valence-electron chi connectivity index (χ0n) is 15.4. The lowest BCUT2D eigenvalue weighted by Crippen LogP contribution is -2.37. The first kappa shape index (κ1) is 21.9. The van der Waals surface area contributed by atoms with Crippen molar-refractivity contribution in [2.45, 2.75) is 13.8 Å². The molecule has 0 fully saturated rings. The van der Waals surface area contributed by atoms with E-state index in [2.05, 4.69) is 31.8 Å². The van der Waals surface area contributed by atoms with E-state index in [4.69, 9.17) is 18.1 Å². The van der Waals surface area contributed by atoms with E-state index in [1.54, 1.807) is 31.2 Å². The van der Waals surface area contributed by atoms with Gasteiger partial charge in [0.2, 0.25) is 16.2 Å². The number of hydrazine groups is 2. The van der Waals surface area contributed by atoms with Crippen molar-refractivity contribution in [3.63, 3.8) is 0 Å². The van der Waals surface area contributed by atoms with Crippen LogP contribution in [-0.2, 0) is 4.79 Å². The second-order valence-corrected chi connectivity index (χ2v) is 6.91. The summed E-state index contributed by atoms with van der Waals surface area (Å²) in [7, 11) is 0. The van der Waals surface area contributed by atoms with E-state index in [9.17, 15) is 14.9 Å². The van der Waals surface area contributed by atoms with Crippen LogP contribution in [0.25, 0.3) is 6.08 Å². The fourth-order valence-corrected chi connectivity index (χ4v) is 2.99. The van der Waals surface area contributed by atoms with Crippen LogP contribution in [0.5, 0.6) is 0 Å². The third kappa shape index (κ3) is 6.60. The summed E-state index contributed by atoms with van der Waals surface area (Å²) in [6.45, 7) is 3.15. The van der Waals surface area contributed by atoms with Crippen molar-refractivity contribution in [3.8, 4) is 0 Å². The minimum atomic E-state index is -0.466. The molecule has 6 N–H and O–H groups in total. The number of thiazole rings is 1. The van der Waals surface area contributed by atoms with Crippen molar-refractivity contribution in [3.05, 3.63) is 56.6 Å². The second kappa shape index (κ2) is 10.2. The van der Waals surface area contributed by atoms with Gasteiger partial charge in [-0.3, -0.25) is 36.6 Å². The lowest BCUT2D eigenvalue weighted by Gasteiger charge is -2.04. The first-order valence-electron chi connectivity index (χ1n) is 8.07. The van der Waals surface area contributed by atoms with Crippen LogP contribution in [0.15, 0.2) is 35.4 Å². The van der Waals surface area contributed by atoms with Crippen LogP contribution in [0, 0.1) is 17.0 Å². The summed E-state index contributed by atoms with van der Waals surface area (Å²) in [4.78, 5) is 26.6. The maximum atomic E-state index is 11.1. The minimum absolute atomic E-state index is 0.0203. The van der Waals surface area contributed by atoms with Crippen molar-refractivity contribution in [1.29, 1.82) is 0 Å². The number of thiocarbonyl (C=S) groups is 1. The van der Waals surface area contributed by atoms with Crippen LogP contribution >= 0.6 is 23.6 Å². The van der Waals surface area contributed by atoms with Crippen LogP contribution in [0.1, 0.15) is 23.1 Å². The molecule has 1 aromatic heterocycles. The molecule has 152 valence electrons. The van der Waals surface area contributed by atoms with E-state index in [0.29, 0.717) is 27.0 Å². The molecule has 0 atom stereocenters. The summed E-state index contributed by atoms with van der Waals surface area (Å²) < 4.78 is 0. The molecule has 0 saturated heterocycles. The number of allylic oxidation sites excluding steroid dienone is 1. The topological polar surface area (TPSA) is 160 Å². The van der Waals surface area contributed by atoms with Gasteiger partial charge in [0.25, 0.3) is 5.69 Å². The Balaban J connectivity index is 2.35. The van der Waals surface area contributed by atoms with Gasteiger partial charge in [0.05, 0.1) is 15.5 Å². The molecule has 0 spiro atoms. The molecular weight excluding hydrogens is 416 g/mol. The van der Waals surface area contributed by atoms with Crippen molar-refractivity contribution < 1.29 is 9.72 Å². The molecule has 1 aromatic carbocycles. The highest BCUT2D eigenvalue weighted by molar-refractivity contribution is 7.80. The summed E-state index contributed by atoms with van der Waals surface area (Å²) in [5, 5.41) is 15.7. The Hall–Kier alpha value is -3.42. The monoisotopic (exact) mass is 434 g/mol. The molecular formula is C16H18N8O3S2. The van der Waals surface area contributed by atoms with Crippen LogP contribution in [-0.4, -0.2) is 26.6 Å². The van der Waals surface area contributed by atoms with E-state index in [1.807, 2.05) is 0 Å². The number of carbonyl (C=O) groups excluding carboxylic acids is 1. The molecule has 0 aliphatic carbocycles. The maximum Gasteiger partial charge on any atom is 0.270 e. The number of nitro groups is 1. The highest BCUT2D eigenvalue weighted by atomic mass is 32.1. The fourth-order valence-electron chi connectivity index (χ4n) is 2.05. The predicted octanol–water partition coefficient (Wildman–Crippen LogP) is 1.58. The van der Waals surface area contributed by atoms with E-state index in [1.165, 1.54) is 30.4 Å². The molecule has 13 heteroatoms. The summed E-state index contributed by atoms with van der Waals surface area (Å²) in [6, 6.07) is 6.17. The van der Waals surface area contributed by atoms with Crippen LogP contribution in [0.4, 0.5) is 10.8 Å². The molecule has 2 rings (SSSR count). The Morgan fingerprint density at radius 2 is 2.21 bits per heavy atom. The summed E-state index contributed by atoms with van der Waals surface area (Å²) >= 11 is 6.18.